The number of rotatable bonds is 6. The van der Waals surface area contributed by atoms with Gasteiger partial charge < -0.3 is 10.1 Å². The summed E-state index contributed by atoms with van der Waals surface area (Å²) in [6.45, 7) is 4.64. The fraction of sp³-hybridized carbons (Fsp3) is 0.647. The van der Waals surface area contributed by atoms with Gasteiger partial charge in [-0.15, -0.1) is 0 Å². The normalized spacial score (nSPS) is 17.1. The van der Waals surface area contributed by atoms with Crippen LogP contribution in [0, 0.1) is 5.92 Å². The third-order valence-electron chi connectivity index (χ3n) is 4.03. The molecule has 0 radical (unpaired) electrons. The quantitative estimate of drug-likeness (QED) is 0.755. The van der Waals surface area contributed by atoms with Crippen molar-refractivity contribution in [2.75, 3.05) is 18.5 Å². The first-order valence-electron chi connectivity index (χ1n) is 7.79. The molecule has 1 aliphatic rings. The highest BCUT2D eigenvalue weighted by atomic mass is 16.5. The lowest BCUT2D eigenvalue weighted by Gasteiger charge is -2.17. The van der Waals surface area contributed by atoms with Gasteiger partial charge >= 0.3 is 0 Å². The Balaban J connectivity index is 1.87. The highest BCUT2D eigenvalue weighted by molar-refractivity contribution is 5.50. The lowest BCUT2D eigenvalue weighted by Crippen LogP contribution is -2.14. The van der Waals surface area contributed by atoms with E-state index in [4.69, 9.17) is 4.74 Å². The van der Waals surface area contributed by atoms with Gasteiger partial charge in [-0.2, -0.15) is 0 Å². The summed E-state index contributed by atoms with van der Waals surface area (Å²) in [7, 11) is 0. The number of ether oxygens (including phenoxy) is 1. The molecule has 0 bridgehead atoms. The van der Waals surface area contributed by atoms with Crippen LogP contribution in [0.3, 0.4) is 0 Å². The van der Waals surface area contributed by atoms with Crippen LogP contribution in [-0.2, 0) is 11.3 Å². The molecule has 1 aliphatic carbocycles. The van der Waals surface area contributed by atoms with Crippen LogP contribution in [0.5, 0.6) is 0 Å². The molecular formula is C17H27NO. The molecule has 1 fully saturated rings. The Labute approximate surface area is 117 Å². The molecule has 19 heavy (non-hydrogen) atoms. The van der Waals surface area contributed by atoms with Gasteiger partial charge in [-0.25, -0.2) is 0 Å². The SMILES string of the molecule is CCOCc1ccccc1NCC1CCCCCC1. The van der Waals surface area contributed by atoms with Crippen LogP contribution in [0.25, 0.3) is 0 Å². The molecule has 0 aromatic heterocycles. The fourth-order valence-electron chi connectivity index (χ4n) is 2.85. The van der Waals surface area contributed by atoms with E-state index in [1.807, 2.05) is 6.92 Å². The average molecular weight is 261 g/mol. The summed E-state index contributed by atoms with van der Waals surface area (Å²) in [4.78, 5) is 0. The van der Waals surface area contributed by atoms with Gasteiger partial charge in [0.15, 0.2) is 0 Å². The van der Waals surface area contributed by atoms with E-state index in [2.05, 4.69) is 29.6 Å². The lowest BCUT2D eigenvalue weighted by atomic mass is 10.0. The average Bonchev–Trinajstić information content (AvgIpc) is 2.72. The van der Waals surface area contributed by atoms with Gasteiger partial charge in [-0.3, -0.25) is 0 Å². The van der Waals surface area contributed by atoms with Crippen LogP contribution in [0.4, 0.5) is 5.69 Å². The molecule has 1 N–H and O–H groups in total. The van der Waals surface area contributed by atoms with Crippen molar-refractivity contribution < 1.29 is 4.74 Å². The summed E-state index contributed by atoms with van der Waals surface area (Å²) in [5, 5.41) is 3.64. The van der Waals surface area contributed by atoms with Gasteiger partial charge in [-0.1, -0.05) is 43.9 Å². The Morgan fingerprint density at radius 3 is 2.58 bits per heavy atom. The molecule has 0 spiro atoms. The van der Waals surface area contributed by atoms with Crippen molar-refractivity contribution in [3.8, 4) is 0 Å². The third-order valence-corrected chi connectivity index (χ3v) is 4.03. The smallest absolute Gasteiger partial charge is 0.0736 e. The maximum Gasteiger partial charge on any atom is 0.0736 e. The molecule has 0 atom stereocenters. The number of benzene rings is 1. The Morgan fingerprint density at radius 2 is 1.84 bits per heavy atom. The molecular weight excluding hydrogens is 234 g/mol. The summed E-state index contributed by atoms with van der Waals surface area (Å²) in [5.41, 5.74) is 2.53. The largest absolute Gasteiger partial charge is 0.384 e. The van der Waals surface area contributed by atoms with E-state index in [9.17, 15) is 0 Å². The monoisotopic (exact) mass is 261 g/mol. The molecule has 0 heterocycles. The van der Waals surface area contributed by atoms with E-state index in [1.54, 1.807) is 0 Å². The zero-order valence-corrected chi connectivity index (χ0v) is 12.2. The van der Waals surface area contributed by atoms with E-state index in [0.29, 0.717) is 6.61 Å². The van der Waals surface area contributed by atoms with Gasteiger partial charge in [0.1, 0.15) is 0 Å². The van der Waals surface area contributed by atoms with Gasteiger partial charge in [0.2, 0.25) is 0 Å². The second-order valence-corrected chi connectivity index (χ2v) is 5.53. The molecule has 2 heteroatoms. The minimum atomic E-state index is 0.713. The Morgan fingerprint density at radius 1 is 1.11 bits per heavy atom. The minimum absolute atomic E-state index is 0.713. The number of hydrogen-bond acceptors (Lipinski definition) is 2. The predicted molar refractivity (Wildman–Crippen MR) is 81.5 cm³/mol. The van der Waals surface area contributed by atoms with Crippen molar-refractivity contribution in [1.82, 2.24) is 0 Å². The second-order valence-electron chi connectivity index (χ2n) is 5.53. The molecule has 0 unspecified atom stereocenters. The summed E-state index contributed by atoms with van der Waals surface area (Å²) >= 11 is 0. The van der Waals surface area contributed by atoms with Gasteiger partial charge in [0.25, 0.3) is 0 Å². The van der Waals surface area contributed by atoms with Crippen molar-refractivity contribution in [1.29, 1.82) is 0 Å². The lowest BCUT2D eigenvalue weighted by molar-refractivity contribution is 0.134. The maximum atomic E-state index is 5.53. The number of anilines is 1. The molecule has 0 amide bonds. The summed E-state index contributed by atoms with van der Waals surface area (Å²) in [6, 6.07) is 8.52. The minimum Gasteiger partial charge on any atom is -0.384 e. The molecule has 1 saturated carbocycles. The van der Waals surface area contributed by atoms with E-state index in [0.717, 1.165) is 19.1 Å². The molecule has 0 aliphatic heterocycles. The van der Waals surface area contributed by atoms with E-state index < -0.39 is 0 Å². The van der Waals surface area contributed by atoms with Crippen LogP contribution in [0.15, 0.2) is 24.3 Å². The maximum absolute atomic E-state index is 5.53. The molecule has 0 saturated heterocycles. The van der Waals surface area contributed by atoms with Crippen molar-refractivity contribution in [3.63, 3.8) is 0 Å². The van der Waals surface area contributed by atoms with E-state index >= 15 is 0 Å². The Bertz CT molecular complexity index is 356. The highest BCUT2D eigenvalue weighted by Crippen LogP contribution is 2.24. The zero-order valence-electron chi connectivity index (χ0n) is 12.2. The summed E-state index contributed by atoms with van der Waals surface area (Å²) in [5.74, 6) is 0.850. The van der Waals surface area contributed by atoms with Gasteiger partial charge in [0.05, 0.1) is 6.61 Å². The molecule has 1 aromatic carbocycles. The molecule has 2 nitrogen and oxygen atoms in total. The predicted octanol–water partition coefficient (Wildman–Crippen LogP) is 4.61. The molecule has 2 rings (SSSR count). The topological polar surface area (TPSA) is 21.3 Å². The number of hydrogen-bond donors (Lipinski definition) is 1. The Kier molecular flexibility index (Phi) is 6.22. The van der Waals surface area contributed by atoms with Gasteiger partial charge in [-0.05, 0) is 31.7 Å². The van der Waals surface area contributed by atoms with Crippen LogP contribution in [-0.4, -0.2) is 13.2 Å². The highest BCUT2D eigenvalue weighted by Gasteiger charge is 2.12. The number of para-hydroxylation sites is 1. The fourth-order valence-corrected chi connectivity index (χ4v) is 2.85. The van der Waals surface area contributed by atoms with Crippen LogP contribution in [0.2, 0.25) is 0 Å². The summed E-state index contributed by atoms with van der Waals surface area (Å²) < 4.78 is 5.53. The van der Waals surface area contributed by atoms with Crippen LogP contribution >= 0.6 is 0 Å². The van der Waals surface area contributed by atoms with Crippen molar-refractivity contribution in [2.24, 2.45) is 5.92 Å². The van der Waals surface area contributed by atoms with Gasteiger partial charge in [0, 0.05) is 24.4 Å². The Hall–Kier alpha value is -1.02. The van der Waals surface area contributed by atoms with Crippen molar-refractivity contribution in [3.05, 3.63) is 29.8 Å². The van der Waals surface area contributed by atoms with Crippen molar-refractivity contribution >= 4 is 5.69 Å². The summed E-state index contributed by atoms with van der Waals surface area (Å²) in [6.07, 6.45) is 8.45. The molecule has 106 valence electrons. The van der Waals surface area contributed by atoms with Crippen LogP contribution in [0.1, 0.15) is 51.0 Å². The third kappa shape index (κ3) is 4.87. The second kappa shape index (κ2) is 8.21. The number of nitrogens with one attached hydrogen (secondary N) is 1. The standard InChI is InChI=1S/C17H27NO/c1-2-19-14-16-11-7-8-12-17(16)18-13-15-9-5-3-4-6-10-15/h7-8,11-12,15,18H,2-6,9-10,13-14H2,1H3. The molecule has 1 aromatic rings. The van der Waals surface area contributed by atoms with E-state index in [-0.39, 0.29) is 0 Å². The first-order chi connectivity index (χ1) is 9.40. The van der Waals surface area contributed by atoms with Crippen molar-refractivity contribution in [2.45, 2.75) is 52.1 Å². The van der Waals surface area contributed by atoms with Crippen LogP contribution < -0.4 is 5.32 Å². The van der Waals surface area contributed by atoms with E-state index in [1.165, 1.54) is 49.8 Å². The first-order valence-corrected chi connectivity index (χ1v) is 7.79. The first kappa shape index (κ1) is 14.4. The zero-order chi connectivity index (χ0) is 13.3.